The van der Waals surface area contributed by atoms with Crippen molar-refractivity contribution in [2.45, 2.75) is 31.6 Å². The summed E-state index contributed by atoms with van der Waals surface area (Å²) < 4.78 is 11.0. The Kier molecular flexibility index (Phi) is 7.14. The highest BCUT2D eigenvalue weighted by Gasteiger charge is 2.15. The molecule has 0 fully saturated rings. The predicted molar refractivity (Wildman–Crippen MR) is 113 cm³/mol. The van der Waals surface area contributed by atoms with Crippen molar-refractivity contribution in [3.8, 4) is 17.1 Å². The van der Waals surface area contributed by atoms with Crippen LogP contribution < -0.4 is 10.1 Å². The molecule has 1 N–H and O–H groups in total. The van der Waals surface area contributed by atoms with Gasteiger partial charge in [-0.25, -0.2) is 0 Å². The van der Waals surface area contributed by atoms with Crippen LogP contribution in [0.1, 0.15) is 37.2 Å². The molecule has 1 amide bonds. The molecule has 0 saturated heterocycles. The first-order valence-corrected chi connectivity index (χ1v) is 10.4. The smallest absolute Gasteiger partial charge is 0.277 e. The Morgan fingerprint density at radius 3 is 2.68 bits per heavy atom. The van der Waals surface area contributed by atoms with Gasteiger partial charge >= 0.3 is 0 Å². The highest BCUT2D eigenvalue weighted by Crippen LogP contribution is 2.28. The summed E-state index contributed by atoms with van der Waals surface area (Å²) in [6.45, 7) is 4.92. The van der Waals surface area contributed by atoms with Gasteiger partial charge < -0.3 is 14.6 Å². The number of aromatic nitrogens is 1. The first-order valence-electron chi connectivity index (χ1n) is 9.44. The highest BCUT2D eigenvalue weighted by molar-refractivity contribution is 7.99. The van der Waals surface area contributed by atoms with Crippen LogP contribution in [-0.4, -0.2) is 23.4 Å². The number of nitrogens with one attached hydrogen (secondary N) is 1. The Bertz CT molecular complexity index is 906. The predicted octanol–water partition coefficient (Wildman–Crippen LogP) is 5.88. The molecular formula is C22H24N2O3S. The second-order valence-corrected chi connectivity index (χ2v) is 7.49. The monoisotopic (exact) mass is 396 g/mol. The summed E-state index contributed by atoms with van der Waals surface area (Å²) in [4.78, 5) is 13.6. The Labute approximate surface area is 169 Å². The van der Waals surface area contributed by atoms with Crippen molar-refractivity contribution in [1.29, 1.82) is 0 Å². The van der Waals surface area contributed by atoms with Crippen molar-refractivity contribution in [3.05, 3.63) is 60.3 Å². The number of hydrogen-bond acceptors (Lipinski definition) is 5. The maximum Gasteiger partial charge on any atom is 0.277 e. The largest absolute Gasteiger partial charge is 0.494 e. The lowest BCUT2D eigenvalue weighted by atomic mass is 10.1. The molecule has 6 heteroatoms. The van der Waals surface area contributed by atoms with Crippen molar-refractivity contribution >= 4 is 23.4 Å². The molecule has 0 aliphatic heterocycles. The zero-order valence-electron chi connectivity index (χ0n) is 16.1. The van der Waals surface area contributed by atoms with E-state index in [1.807, 2.05) is 48.5 Å². The minimum Gasteiger partial charge on any atom is -0.494 e. The third-order valence-electron chi connectivity index (χ3n) is 4.08. The summed E-state index contributed by atoms with van der Waals surface area (Å²) in [7, 11) is 0. The van der Waals surface area contributed by atoms with Gasteiger partial charge in [-0.3, -0.25) is 4.79 Å². The number of benzene rings is 2. The number of rotatable bonds is 9. The third kappa shape index (κ3) is 5.16. The number of anilines is 1. The van der Waals surface area contributed by atoms with Gasteiger partial charge in [-0.05, 0) is 48.6 Å². The van der Waals surface area contributed by atoms with Gasteiger partial charge in [-0.1, -0.05) is 37.6 Å². The molecule has 0 saturated carbocycles. The van der Waals surface area contributed by atoms with Crippen molar-refractivity contribution in [2.24, 2.45) is 0 Å². The number of para-hydroxylation sites is 1. The summed E-state index contributed by atoms with van der Waals surface area (Å²) in [5.74, 6) is 2.00. The van der Waals surface area contributed by atoms with E-state index in [1.165, 1.54) is 0 Å². The molecule has 0 aliphatic rings. The molecule has 0 aliphatic carbocycles. The molecule has 0 radical (unpaired) electrons. The molecule has 2 aromatic carbocycles. The van der Waals surface area contributed by atoms with Crippen LogP contribution in [0.3, 0.4) is 0 Å². The van der Waals surface area contributed by atoms with Crippen LogP contribution >= 0.6 is 11.8 Å². The zero-order valence-corrected chi connectivity index (χ0v) is 16.9. The average molecular weight is 397 g/mol. The average Bonchev–Trinajstić information content (AvgIpc) is 3.21. The fraction of sp³-hybridized carbons (Fsp3) is 0.273. The maximum absolute atomic E-state index is 12.6. The van der Waals surface area contributed by atoms with Gasteiger partial charge in [0.25, 0.3) is 5.91 Å². The lowest BCUT2D eigenvalue weighted by Crippen LogP contribution is -2.12. The lowest BCUT2D eigenvalue weighted by Gasteiger charge is -2.08. The van der Waals surface area contributed by atoms with Crippen molar-refractivity contribution in [2.75, 3.05) is 17.7 Å². The van der Waals surface area contributed by atoms with E-state index in [0.29, 0.717) is 12.4 Å². The van der Waals surface area contributed by atoms with Crippen LogP contribution in [-0.2, 0) is 0 Å². The van der Waals surface area contributed by atoms with Crippen molar-refractivity contribution < 1.29 is 14.1 Å². The number of hydrogen-bond donors (Lipinski definition) is 1. The summed E-state index contributed by atoms with van der Waals surface area (Å²) in [6.07, 6.45) is 2.13. The number of nitrogens with zero attached hydrogens (tertiary/aromatic N) is 1. The van der Waals surface area contributed by atoms with Gasteiger partial charge in [0, 0.05) is 16.5 Å². The highest BCUT2D eigenvalue weighted by atomic mass is 32.2. The van der Waals surface area contributed by atoms with Gasteiger partial charge in [0.15, 0.2) is 11.5 Å². The van der Waals surface area contributed by atoms with E-state index in [-0.39, 0.29) is 11.6 Å². The Morgan fingerprint density at radius 1 is 1.14 bits per heavy atom. The summed E-state index contributed by atoms with van der Waals surface area (Å²) in [6, 6.07) is 17.0. The van der Waals surface area contributed by atoms with E-state index in [0.717, 1.165) is 40.5 Å². The molecule has 5 nitrogen and oxygen atoms in total. The van der Waals surface area contributed by atoms with Crippen LogP contribution in [0.4, 0.5) is 5.69 Å². The minimum atomic E-state index is -0.293. The second kappa shape index (κ2) is 9.99. The SMILES string of the molecule is CCCCOc1ccc(-c2cc(C(=O)Nc3ccccc3SCC)no2)cc1. The number of carbonyl (C=O) groups is 1. The van der Waals surface area contributed by atoms with E-state index in [9.17, 15) is 4.79 Å². The molecule has 146 valence electrons. The van der Waals surface area contributed by atoms with Crippen molar-refractivity contribution in [3.63, 3.8) is 0 Å². The molecule has 0 atom stereocenters. The topological polar surface area (TPSA) is 64.4 Å². The van der Waals surface area contributed by atoms with Crippen molar-refractivity contribution in [1.82, 2.24) is 5.16 Å². The third-order valence-corrected chi connectivity index (χ3v) is 5.04. The van der Waals surface area contributed by atoms with Crippen LogP contribution in [0.25, 0.3) is 11.3 Å². The van der Waals surface area contributed by atoms with E-state index in [2.05, 4.69) is 24.3 Å². The van der Waals surface area contributed by atoms with E-state index >= 15 is 0 Å². The van der Waals surface area contributed by atoms with Crippen LogP contribution in [0, 0.1) is 0 Å². The summed E-state index contributed by atoms with van der Waals surface area (Å²) in [5.41, 5.74) is 1.86. The van der Waals surface area contributed by atoms with Crippen LogP contribution in [0.2, 0.25) is 0 Å². The molecule has 28 heavy (non-hydrogen) atoms. The number of thioether (sulfide) groups is 1. The van der Waals surface area contributed by atoms with Crippen LogP contribution in [0.15, 0.2) is 64.0 Å². The van der Waals surface area contributed by atoms with Gasteiger partial charge in [0.1, 0.15) is 5.75 Å². The Balaban J connectivity index is 1.67. The Morgan fingerprint density at radius 2 is 1.93 bits per heavy atom. The molecule has 3 rings (SSSR count). The van der Waals surface area contributed by atoms with Crippen LogP contribution in [0.5, 0.6) is 5.75 Å². The fourth-order valence-electron chi connectivity index (χ4n) is 2.61. The maximum atomic E-state index is 12.6. The molecule has 1 aromatic heterocycles. The van der Waals surface area contributed by atoms with E-state index < -0.39 is 0 Å². The lowest BCUT2D eigenvalue weighted by molar-refractivity contribution is 0.101. The van der Waals surface area contributed by atoms with E-state index in [4.69, 9.17) is 9.26 Å². The quantitative estimate of drug-likeness (QED) is 0.361. The Hall–Kier alpha value is -2.73. The number of amides is 1. The minimum absolute atomic E-state index is 0.245. The molecule has 1 heterocycles. The normalized spacial score (nSPS) is 10.6. The number of ether oxygens (including phenoxy) is 1. The fourth-order valence-corrected chi connectivity index (χ4v) is 3.37. The summed E-state index contributed by atoms with van der Waals surface area (Å²) in [5, 5.41) is 6.83. The van der Waals surface area contributed by atoms with Gasteiger partial charge in [0.05, 0.1) is 12.3 Å². The zero-order chi connectivity index (χ0) is 19.8. The van der Waals surface area contributed by atoms with E-state index in [1.54, 1.807) is 17.8 Å². The second-order valence-electron chi connectivity index (χ2n) is 6.19. The number of unbranched alkanes of at least 4 members (excludes halogenated alkanes) is 1. The van der Waals surface area contributed by atoms with Gasteiger partial charge in [0.2, 0.25) is 0 Å². The number of carbonyl (C=O) groups excluding carboxylic acids is 1. The summed E-state index contributed by atoms with van der Waals surface area (Å²) >= 11 is 1.68. The first kappa shape index (κ1) is 20.0. The standard InChI is InChI=1S/C22H24N2O3S/c1-3-5-14-26-17-12-10-16(11-13-17)20-15-19(24-27-20)22(25)23-18-8-6-7-9-21(18)28-4-2/h6-13,15H,3-5,14H2,1-2H3,(H,23,25). The van der Waals surface area contributed by atoms with Gasteiger partial charge in [-0.2, -0.15) is 0 Å². The molecule has 0 spiro atoms. The van der Waals surface area contributed by atoms with Gasteiger partial charge in [-0.15, -0.1) is 11.8 Å². The first-order chi connectivity index (χ1) is 13.7. The molecule has 3 aromatic rings. The molecule has 0 unspecified atom stereocenters. The molecule has 0 bridgehead atoms. The molecular weight excluding hydrogens is 372 g/mol.